The van der Waals surface area contributed by atoms with Gasteiger partial charge in [-0.2, -0.15) is 0 Å². The lowest BCUT2D eigenvalue weighted by molar-refractivity contribution is 0.00357. The molecule has 0 aliphatic carbocycles. The number of hydrogen-bond donors (Lipinski definition) is 1. The maximum atomic E-state index is 9.04. The molecule has 2 nitrogen and oxygen atoms in total. The van der Waals surface area contributed by atoms with Gasteiger partial charge >= 0.3 is 0 Å². The second-order valence-electron chi connectivity index (χ2n) is 4.20. The van der Waals surface area contributed by atoms with Gasteiger partial charge in [0.25, 0.3) is 0 Å². The molecule has 0 spiro atoms. The van der Waals surface area contributed by atoms with E-state index in [0.29, 0.717) is 12.6 Å². The summed E-state index contributed by atoms with van der Waals surface area (Å²) >= 11 is 0. The molecular formula is C10H21NO. The number of hydrogen-bond acceptors (Lipinski definition) is 2. The van der Waals surface area contributed by atoms with Crippen molar-refractivity contribution in [2.24, 2.45) is 11.8 Å². The van der Waals surface area contributed by atoms with Crippen molar-refractivity contribution in [3.63, 3.8) is 0 Å². The van der Waals surface area contributed by atoms with Crippen molar-refractivity contribution in [3.05, 3.63) is 0 Å². The highest BCUT2D eigenvalue weighted by molar-refractivity contribution is 4.85. The number of aliphatic hydroxyl groups excluding tert-OH is 1. The Morgan fingerprint density at radius 3 is 2.33 bits per heavy atom. The van der Waals surface area contributed by atoms with Crippen LogP contribution in [0.4, 0.5) is 0 Å². The van der Waals surface area contributed by atoms with Gasteiger partial charge in [-0.3, -0.25) is 4.90 Å². The van der Waals surface area contributed by atoms with Crippen molar-refractivity contribution in [2.45, 2.75) is 33.2 Å². The first kappa shape index (κ1) is 10.0. The molecule has 1 aliphatic heterocycles. The molecule has 0 aromatic rings. The van der Waals surface area contributed by atoms with Crippen LogP contribution in [0, 0.1) is 11.8 Å². The van der Waals surface area contributed by atoms with Gasteiger partial charge in [-0.05, 0) is 18.3 Å². The maximum absolute atomic E-state index is 9.04. The fraction of sp³-hybridized carbons (Fsp3) is 1.00. The maximum Gasteiger partial charge on any atom is 0.0586 e. The predicted octanol–water partition coefficient (Wildman–Crippen LogP) is 1.35. The van der Waals surface area contributed by atoms with Crippen LogP contribution in [0.5, 0.6) is 0 Å². The van der Waals surface area contributed by atoms with Gasteiger partial charge < -0.3 is 5.11 Å². The van der Waals surface area contributed by atoms with Crippen LogP contribution in [-0.2, 0) is 0 Å². The molecule has 1 N–H and O–H groups in total. The van der Waals surface area contributed by atoms with Crippen LogP contribution in [0.2, 0.25) is 0 Å². The second kappa shape index (κ2) is 4.24. The molecule has 0 aromatic carbocycles. The van der Waals surface area contributed by atoms with E-state index in [1.54, 1.807) is 0 Å². The Morgan fingerprint density at radius 1 is 1.42 bits per heavy atom. The number of rotatable bonds is 4. The predicted molar refractivity (Wildman–Crippen MR) is 51.1 cm³/mol. The van der Waals surface area contributed by atoms with Crippen LogP contribution in [0.25, 0.3) is 0 Å². The zero-order valence-corrected chi connectivity index (χ0v) is 8.45. The molecular weight excluding hydrogens is 150 g/mol. The lowest BCUT2D eigenvalue weighted by Crippen LogP contribution is -2.54. The van der Waals surface area contributed by atoms with Crippen molar-refractivity contribution < 1.29 is 5.11 Å². The zero-order valence-electron chi connectivity index (χ0n) is 8.45. The van der Waals surface area contributed by atoms with Crippen LogP contribution in [0.3, 0.4) is 0 Å². The molecule has 12 heavy (non-hydrogen) atoms. The third-order valence-electron chi connectivity index (χ3n) is 3.08. The van der Waals surface area contributed by atoms with Crippen molar-refractivity contribution in [3.8, 4) is 0 Å². The van der Waals surface area contributed by atoms with E-state index >= 15 is 0 Å². The molecule has 2 heteroatoms. The molecule has 1 rings (SSSR count). The first-order valence-electron chi connectivity index (χ1n) is 5.04. The first-order chi connectivity index (χ1) is 5.69. The Hall–Kier alpha value is -0.0800. The van der Waals surface area contributed by atoms with E-state index in [0.717, 1.165) is 18.3 Å². The molecule has 1 heterocycles. The van der Waals surface area contributed by atoms with E-state index in [4.69, 9.17) is 5.11 Å². The molecule has 0 unspecified atom stereocenters. The minimum Gasteiger partial charge on any atom is -0.395 e. The van der Waals surface area contributed by atoms with E-state index in [1.807, 2.05) is 0 Å². The Morgan fingerprint density at radius 2 is 2.00 bits per heavy atom. The van der Waals surface area contributed by atoms with Crippen LogP contribution >= 0.6 is 0 Å². The Labute approximate surface area is 75.6 Å². The van der Waals surface area contributed by atoms with Gasteiger partial charge in [0, 0.05) is 19.1 Å². The average molecular weight is 171 g/mol. The molecule has 1 saturated heterocycles. The third kappa shape index (κ3) is 1.99. The fourth-order valence-electron chi connectivity index (χ4n) is 1.77. The summed E-state index contributed by atoms with van der Waals surface area (Å²) in [4.78, 5) is 2.39. The molecule has 0 aromatic heterocycles. The summed E-state index contributed by atoms with van der Waals surface area (Å²) < 4.78 is 0. The summed E-state index contributed by atoms with van der Waals surface area (Å²) in [6.07, 6.45) is 1.07. The Kier molecular flexibility index (Phi) is 3.53. The average Bonchev–Trinajstić information content (AvgIpc) is 1.94. The molecule has 1 fully saturated rings. The van der Waals surface area contributed by atoms with E-state index in [1.165, 1.54) is 13.1 Å². The zero-order chi connectivity index (χ0) is 9.14. The lowest BCUT2D eigenvalue weighted by Gasteiger charge is -2.45. The number of nitrogens with zero attached hydrogens (tertiary/aromatic N) is 1. The monoisotopic (exact) mass is 171 g/mol. The van der Waals surface area contributed by atoms with Gasteiger partial charge in [-0.1, -0.05) is 20.8 Å². The highest BCUT2D eigenvalue weighted by Gasteiger charge is 2.32. The van der Waals surface area contributed by atoms with Gasteiger partial charge in [-0.25, -0.2) is 0 Å². The normalized spacial score (nSPS) is 22.8. The topological polar surface area (TPSA) is 23.5 Å². The third-order valence-corrected chi connectivity index (χ3v) is 3.08. The Balaban J connectivity index is 2.23. The van der Waals surface area contributed by atoms with Crippen LogP contribution in [-0.4, -0.2) is 35.7 Å². The quantitative estimate of drug-likeness (QED) is 0.690. The number of likely N-dealkylation sites (tertiary alicyclic amines) is 1. The molecule has 1 atom stereocenters. The van der Waals surface area contributed by atoms with Crippen LogP contribution < -0.4 is 0 Å². The summed E-state index contributed by atoms with van der Waals surface area (Å²) in [5.41, 5.74) is 0. The van der Waals surface area contributed by atoms with Crippen LogP contribution in [0.1, 0.15) is 27.2 Å². The van der Waals surface area contributed by atoms with E-state index in [-0.39, 0.29) is 0 Å². The molecule has 0 bridgehead atoms. The van der Waals surface area contributed by atoms with Crippen LogP contribution in [0.15, 0.2) is 0 Å². The van der Waals surface area contributed by atoms with Crippen molar-refractivity contribution in [1.82, 2.24) is 4.90 Å². The number of aliphatic hydroxyl groups is 1. The van der Waals surface area contributed by atoms with Gasteiger partial charge in [0.2, 0.25) is 0 Å². The SMILES string of the molecule is CC[C@@H](CO)N1CC(C(C)C)C1. The fourth-order valence-corrected chi connectivity index (χ4v) is 1.77. The lowest BCUT2D eigenvalue weighted by atomic mass is 9.87. The highest BCUT2D eigenvalue weighted by atomic mass is 16.3. The summed E-state index contributed by atoms with van der Waals surface area (Å²) in [7, 11) is 0. The largest absolute Gasteiger partial charge is 0.395 e. The van der Waals surface area contributed by atoms with Gasteiger partial charge in [-0.15, -0.1) is 0 Å². The molecule has 0 amide bonds. The molecule has 1 aliphatic rings. The van der Waals surface area contributed by atoms with Crippen molar-refractivity contribution >= 4 is 0 Å². The summed E-state index contributed by atoms with van der Waals surface area (Å²) in [6.45, 7) is 9.40. The van der Waals surface area contributed by atoms with Crippen molar-refractivity contribution in [2.75, 3.05) is 19.7 Å². The highest BCUT2D eigenvalue weighted by Crippen LogP contribution is 2.25. The second-order valence-corrected chi connectivity index (χ2v) is 4.20. The van der Waals surface area contributed by atoms with E-state index in [2.05, 4.69) is 25.7 Å². The van der Waals surface area contributed by atoms with Crippen molar-refractivity contribution in [1.29, 1.82) is 0 Å². The Bertz CT molecular complexity index is 126. The first-order valence-corrected chi connectivity index (χ1v) is 5.04. The summed E-state index contributed by atoms with van der Waals surface area (Å²) in [6, 6.07) is 0.417. The minimum absolute atomic E-state index is 0.321. The molecule has 0 saturated carbocycles. The smallest absolute Gasteiger partial charge is 0.0586 e. The van der Waals surface area contributed by atoms with Gasteiger partial charge in [0.1, 0.15) is 0 Å². The van der Waals surface area contributed by atoms with E-state index in [9.17, 15) is 0 Å². The minimum atomic E-state index is 0.321. The van der Waals surface area contributed by atoms with Gasteiger partial charge in [0.05, 0.1) is 6.61 Å². The summed E-state index contributed by atoms with van der Waals surface area (Å²) in [5.74, 6) is 1.67. The van der Waals surface area contributed by atoms with E-state index < -0.39 is 0 Å². The molecule has 0 radical (unpaired) electrons. The van der Waals surface area contributed by atoms with Gasteiger partial charge in [0.15, 0.2) is 0 Å². The standard InChI is InChI=1S/C10H21NO/c1-4-10(7-12)11-5-9(6-11)8(2)3/h8-10,12H,4-7H2,1-3H3/t10-/m0/s1. The molecule has 72 valence electrons. The summed E-state index contributed by atoms with van der Waals surface area (Å²) in [5, 5.41) is 9.04.